The number of fused-ring (bicyclic) bond motifs is 1. The average Bonchev–Trinajstić information content (AvgIpc) is 2.72. The summed E-state index contributed by atoms with van der Waals surface area (Å²) in [5, 5.41) is 0. The molecule has 0 amide bonds. The molecular formula is C17H22FN3O. The Balaban J connectivity index is 2.24. The van der Waals surface area contributed by atoms with Gasteiger partial charge in [0.2, 0.25) is 0 Å². The summed E-state index contributed by atoms with van der Waals surface area (Å²) in [6, 6.07) is 3.84. The second kappa shape index (κ2) is 6.73. The van der Waals surface area contributed by atoms with Crippen molar-refractivity contribution in [2.24, 2.45) is 5.41 Å². The van der Waals surface area contributed by atoms with E-state index in [-0.39, 0.29) is 11.1 Å². The molecule has 2 rings (SSSR count). The molecule has 0 spiro atoms. The Bertz CT molecular complexity index is 747. The van der Waals surface area contributed by atoms with Gasteiger partial charge in [-0.25, -0.2) is 14.2 Å². The Morgan fingerprint density at radius 3 is 2.68 bits per heavy atom. The Labute approximate surface area is 129 Å². The molecule has 5 heteroatoms. The van der Waals surface area contributed by atoms with Gasteiger partial charge >= 0.3 is 5.69 Å². The maximum absolute atomic E-state index is 12.1. The lowest BCUT2D eigenvalue weighted by molar-refractivity contribution is 0.344. The van der Waals surface area contributed by atoms with Gasteiger partial charge < -0.3 is 0 Å². The number of rotatable bonds is 5. The number of aromatic nitrogens is 3. The van der Waals surface area contributed by atoms with Crippen molar-refractivity contribution in [2.45, 2.75) is 33.7 Å². The minimum atomic E-state index is -0.461. The molecule has 0 aromatic carbocycles. The van der Waals surface area contributed by atoms with E-state index in [4.69, 9.17) is 0 Å². The Kier molecular flexibility index (Phi) is 4.96. The SMILES string of the molecule is CC(C)(C)Cn1c(=O)[nH]c2nc(C/C=C\C=C/CF)ccc21. The summed E-state index contributed by atoms with van der Waals surface area (Å²) in [6.07, 6.45) is 7.44. The highest BCUT2D eigenvalue weighted by atomic mass is 19.1. The van der Waals surface area contributed by atoms with E-state index in [1.807, 2.05) is 18.2 Å². The fourth-order valence-corrected chi connectivity index (χ4v) is 2.22. The molecule has 2 aromatic rings. The van der Waals surface area contributed by atoms with Crippen LogP contribution in [0.5, 0.6) is 0 Å². The molecule has 0 aliphatic carbocycles. The van der Waals surface area contributed by atoms with E-state index in [2.05, 4.69) is 30.7 Å². The predicted molar refractivity (Wildman–Crippen MR) is 87.8 cm³/mol. The molecule has 0 bridgehead atoms. The Hall–Kier alpha value is -2.17. The van der Waals surface area contributed by atoms with E-state index in [9.17, 15) is 9.18 Å². The monoisotopic (exact) mass is 303 g/mol. The van der Waals surface area contributed by atoms with Gasteiger partial charge in [0.1, 0.15) is 6.67 Å². The number of hydrogen-bond acceptors (Lipinski definition) is 2. The van der Waals surface area contributed by atoms with Crippen molar-refractivity contribution in [3.05, 3.63) is 52.6 Å². The molecule has 0 saturated carbocycles. The van der Waals surface area contributed by atoms with Crippen molar-refractivity contribution in [2.75, 3.05) is 6.67 Å². The zero-order valence-electron chi connectivity index (χ0n) is 13.3. The third kappa shape index (κ3) is 4.16. The molecule has 4 nitrogen and oxygen atoms in total. The van der Waals surface area contributed by atoms with Crippen LogP contribution >= 0.6 is 0 Å². The topological polar surface area (TPSA) is 50.7 Å². The lowest BCUT2D eigenvalue weighted by Crippen LogP contribution is -2.24. The number of halogens is 1. The first-order valence-electron chi connectivity index (χ1n) is 7.37. The van der Waals surface area contributed by atoms with Crippen LogP contribution in [0, 0.1) is 5.41 Å². The summed E-state index contributed by atoms with van der Waals surface area (Å²) in [6.45, 7) is 6.46. The molecule has 118 valence electrons. The summed E-state index contributed by atoms with van der Waals surface area (Å²) in [7, 11) is 0. The molecule has 0 radical (unpaired) electrons. The first-order valence-corrected chi connectivity index (χ1v) is 7.37. The van der Waals surface area contributed by atoms with Crippen LogP contribution in [-0.4, -0.2) is 21.2 Å². The summed E-state index contributed by atoms with van der Waals surface area (Å²) in [5.74, 6) is 0. The standard InChI is InChI=1S/C17H22FN3O/c1-17(2,3)12-21-14-10-9-13(8-6-4-5-7-11-18)19-15(14)20-16(21)22/h4-7,9-10H,8,11-12H2,1-3H3,(H,19,20,22)/b6-4-,7-5-. The molecule has 0 aliphatic heterocycles. The molecule has 2 aromatic heterocycles. The summed E-state index contributed by atoms with van der Waals surface area (Å²) >= 11 is 0. The van der Waals surface area contributed by atoms with E-state index >= 15 is 0 Å². The number of pyridine rings is 1. The third-order valence-electron chi connectivity index (χ3n) is 3.12. The van der Waals surface area contributed by atoms with Crippen molar-refractivity contribution in [3.63, 3.8) is 0 Å². The van der Waals surface area contributed by atoms with Gasteiger partial charge in [-0.05, 0) is 17.5 Å². The van der Waals surface area contributed by atoms with Gasteiger partial charge in [0.05, 0.1) is 5.52 Å². The van der Waals surface area contributed by atoms with E-state index in [0.717, 1.165) is 11.2 Å². The first-order chi connectivity index (χ1) is 10.4. The number of aromatic amines is 1. The lowest BCUT2D eigenvalue weighted by Gasteiger charge is -2.18. The minimum Gasteiger partial charge on any atom is -0.290 e. The maximum Gasteiger partial charge on any atom is 0.327 e. The number of H-pyrrole nitrogens is 1. The van der Waals surface area contributed by atoms with Crippen LogP contribution in [0.4, 0.5) is 4.39 Å². The normalized spacial score (nSPS) is 12.9. The second-order valence-corrected chi connectivity index (χ2v) is 6.46. The van der Waals surface area contributed by atoms with E-state index in [1.165, 1.54) is 6.08 Å². The van der Waals surface area contributed by atoms with Crippen molar-refractivity contribution < 1.29 is 4.39 Å². The second-order valence-electron chi connectivity index (χ2n) is 6.46. The molecule has 1 N–H and O–H groups in total. The zero-order chi connectivity index (χ0) is 16.2. The quantitative estimate of drug-likeness (QED) is 0.861. The van der Waals surface area contributed by atoms with Crippen LogP contribution in [0.1, 0.15) is 26.5 Å². The maximum atomic E-state index is 12.1. The van der Waals surface area contributed by atoms with Crippen LogP contribution in [0.3, 0.4) is 0 Å². The summed E-state index contributed by atoms with van der Waals surface area (Å²) in [5.41, 5.74) is 2.19. The first kappa shape index (κ1) is 16.2. The van der Waals surface area contributed by atoms with Crippen LogP contribution in [0.25, 0.3) is 11.2 Å². The number of imidazole rings is 1. The number of nitrogens with one attached hydrogen (secondary N) is 1. The average molecular weight is 303 g/mol. The van der Waals surface area contributed by atoms with Crippen molar-refractivity contribution in [3.8, 4) is 0 Å². The lowest BCUT2D eigenvalue weighted by atomic mass is 9.97. The highest BCUT2D eigenvalue weighted by Gasteiger charge is 2.16. The molecule has 22 heavy (non-hydrogen) atoms. The largest absolute Gasteiger partial charge is 0.327 e. The van der Waals surface area contributed by atoms with Crippen LogP contribution < -0.4 is 5.69 Å². The van der Waals surface area contributed by atoms with E-state index < -0.39 is 6.67 Å². The van der Waals surface area contributed by atoms with Gasteiger partial charge in [-0.2, -0.15) is 0 Å². The van der Waals surface area contributed by atoms with Crippen LogP contribution in [-0.2, 0) is 13.0 Å². The molecular weight excluding hydrogens is 281 g/mol. The fraction of sp³-hybridized carbons (Fsp3) is 0.412. The van der Waals surface area contributed by atoms with Gasteiger partial charge in [-0.3, -0.25) is 9.55 Å². The number of hydrogen-bond donors (Lipinski definition) is 1. The van der Waals surface area contributed by atoms with E-state index in [0.29, 0.717) is 18.6 Å². The number of alkyl halides is 1. The van der Waals surface area contributed by atoms with E-state index in [1.54, 1.807) is 16.7 Å². The van der Waals surface area contributed by atoms with Crippen LogP contribution in [0.15, 0.2) is 41.2 Å². The highest BCUT2D eigenvalue weighted by Crippen LogP contribution is 2.18. The van der Waals surface area contributed by atoms with Gasteiger partial charge in [0.15, 0.2) is 5.65 Å². The van der Waals surface area contributed by atoms with Crippen molar-refractivity contribution >= 4 is 11.2 Å². The Morgan fingerprint density at radius 1 is 1.27 bits per heavy atom. The van der Waals surface area contributed by atoms with Gasteiger partial charge in [-0.15, -0.1) is 0 Å². The predicted octanol–water partition coefficient (Wildman–Crippen LogP) is 3.40. The van der Waals surface area contributed by atoms with Gasteiger partial charge in [0.25, 0.3) is 0 Å². The van der Waals surface area contributed by atoms with Crippen LogP contribution in [0.2, 0.25) is 0 Å². The summed E-state index contributed by atoms with van der Waals surface area (Å²) < 4.78 is 13.6. The molecule has 0 fully saturated rings. The molecule has 0 unspecified atom stereocenters. The third-order valence-corrected chi connectivity index (χ3v) is 3.12. The number of allylic oxidation sites excluding steroid dienone is 4. The van der Waals surface area contributed by atoms with Crippen molar-refractivity contribution in [1.29, 1.82) is 0 Å². The van der Waals surface area contributed by atoms with Gasteiger partial charge in [-0.1, -0.05) is 45.1 Å². The Morgan fingerprint density at radius 2 is 2.00 bits per heavy atom. The highest BCUT2D eigenvalue weighted by molar-refractivity contribution is 5.70. The zero-order valence-corrected chi connectivity index (χ0v) is 13.3. The number of nitrogens with zero attached hydrogens (tertiary/aromatic N) is 2. The molecule has 0 saturated heterocycles. The van der Waals surface area contributed by atoms with Gasteiger partial charge in [0, 0.05) is 18.7 Å². The molecule has 0 aliphatic rings. The van der Waals surface area contributed by atoms with Crippen molar-refractivity contribution in [1.82, 2.24) is 14.5 Å². The molecule has 2 heterocycles. The summed E-state index contributed by atoms with van der Waals surface area (Å²) in [4.78, 5) is 19.4. The minimum absolute atomic E-state index is 0.0170. The molecule has 0 atom stereocenters. The smallest absolute Gasteiger partial charge is 0.290 e. The fourth-order valence-electron chi connectivity index (χ4n) is 2.22.